The molecule has 5 nitrogen and oxygen atoms in total. The van der Waals surface area contributed by atoms with E-state index in [0.29, 0.717) is 16.5 Å². The van der Waals surface area contributed by atoms with Crippen LogP contribution in [-0.4, -0.2) is 41.6 Å². The third kappa shape index (κ3) is 4.91. The van der Waals surface area contributed by atoms with Crippen molar-refractivity contribution >= 4 is 35.1 Å². The zero-order valence-electron chi connectivity index (χ0n) is 18.8. The zero-order chi connectivity index (χ0) is 23.8. The third-order valence-electron chi connectivity index (χ3n) is 7.06. The van der Waals surface area contributed by atoms with E-state index in [1.807, 2.05) is 60.4 Å². The van der Waals surface area contributed by atoms with E-state index in [1.54, 1.807) is 0 Å². The van der Waals surface area contributed by atoms with E-state index in [9.17, 15) is 14.7 Å². The number of hydrogen-bond acceptors (Lipinski definition) is 4. The van der Waals surface area contributed by atoms with Crippen molar-refractivity contribution in [2.45, 2.75) is 50.6 Å². The summed E-state index contributed by atoms with van der Waals surface area (Å²) in [5.41, 5.74) is 0.964. The van der Waals surface area contributed by atoms with Gasteiger partial charge in [0, 0.05) is 16.0 Å². The van der Waals surface area contributed by atoms with Crippen LogP contribution < -0.4 is 0 Å². The minimum atomic E-state index is -0.967. The number of benzene rings is 2. The summed E-state index contributed by atoms with van der Waals surface area (Å²) in [6.45, 7) is 1.70. The number of halogens is 2. The molecular weight excluding hydrogens is 461 g/mol. The molecule has 4 atom stereocenters. The Morgan fingerprint density at radius 1 is 1.15 bits per heavy atom. The predicted octanol–water partition coefficient (Wildman–Crippen LogP) is 5.39. The number of likely N-dealkylation sites (tertiary alicyclic amines) is 1. The number of ether oxygens (including phenoxy) is 1. The second-order valence-electron chi connectivity index (χ2n) is 9.48. The second-order valence-corrected chi connectivity index (χ2v) is 10.3. The molecule has 4 unspecified atom stereocenters. The summed E-state index contributed by atoms with van der Waals surface area (Å²) in [5, 5.41) is 11.6. The predicted molar refractivity (Wildman–Crippen MR) is 128 cm³/mol. The highest BCUT2D eigenvalue weighted by molar-refractivity contribution is 6.30. The second kappa shape index (κ2) is 9.65. The van der Waals surface area contributed by atoms with Crippen molar-refractivity contribution in [2.24, 2.45) is 11.3 Å². The highest BCUT2D eigenvalue weighted by atomic mass is 35.5. The van der Waals surface area contributed by atoms with E-state index in [4.69, 9.17) is 27.9 Å². The van der Waals surface area contributed by atoms with E-state index in [2.05, 4.69) is 0 Å². The number of carbonyl (C=O) groups is 2. The fraction of sp³-hybridized carbons (Fsp3) is 0.462. The minimum absolute atomic E-state index is 0.0218. The average Bonchev–Trinajstić information content (AvgIpc) is 3.63. The van der Waals surface area contributed by atoms with Crippen molar-refractivity contribution in [1.29, 1.82) is 0 Å². The summed E-state index contributed by atoms with van der Waals surface area (Å²) < 4.78 is 4.94. The lowest BCUT2D eigenvalue weighted by molar-refractivity contribution is -0.163. The van der Waals surface area contributed by atoms with Crippen LogP contribution in [-0.2, 0) is 14.3 Å². The van der Waals surface area contributed by atoms with Crippen molar-refractivity contribution in [3.63, 3.8) is 0 Å². The van der Waals surface area contributed by atoms with Crippen LogP contribution in [0.5, 0.6) is 0 Å². The van der Waals surface area contributed by atoms with Crippen LogP contribution >= 0.6 is 23.2 Å². The fourth-order valence-corrected chi connectivity index (χ4v) is 5.57. The number of amides is 1. The number of hydrogen-bond donors (Lipinski definition) is 1. The standard InChI is InChI=1S/C26H29Cl2NO4/c1-26(14-23(31)33-2)13-21(18-4-3-5-20(28)12-18)24(17-8-10-19(27)11-9-17)29(25(26)32)22(15-30)16-6-7-16/h3-5,8-12,16,21-22,24,30H,6-7,13-15H2,1-2H3. The van der Waals surface area contributed by atoms with Crippen LogP contribution in [0.1, 0.15) is 55.7 Å². The van der Waals surface area contributed by atoms with Gasteiger partial charge in [-0.15, -0.1) is 0 Å². The molecule has 2 aromatic carbocycles. The van der Waals surface area contributed by atoms with Crippen molar-refractivity contribution in [2.75, 3.05) is 13.7 Å². The first-order chi connectivity index (χ1) is 15.8. The Labute approximate surface area is 204 Å². The molecule has 2 fully saturated rings. The number of rotatable bonds is 7. The van der Waals surface area contributed by atoms with E-state index in [0.717, 1.165) is 24.0 Å². The maximum Gasteiger partial charge on any atom is 0.306 e. The molecule has 1 amide bonds. The van der Waals surface area contributed by atoms with Gasteiger partial charge in [0.05, 0.1) is 37.6 Å². The highest BCUT2D eigenvalue weighted by Crippen LogP contribution is 2.54. The Balaban J connectivity index is 1.88. The molecule has 1 saturated carbocycles. The van der Waals surface area contributed by atoms with Crippen LogP contribution in [0.15, 0.2) is 48.5 Å². The number of methoxy groups -OCH3 is 1. The number of aliphatic hydroxyl groups excluding tert-OH is 1. The SMILES string of the molecule is COC(=O)CC1(C)CC(c2cccc(Cl)c2)C(c2ccc(Cl)cc2)N(C(CO)C2CC2)C1=O. The van der Waals surface area contributed by atoms with E-state index < -0.39 is 11.4 Å². The minimum Gasteiger partial charge on any atom is -0.469 e. The summed E-state index contributed by atoms with van der Waals surface area (Å²) in [6, 6.07) is 14.5. The van der Waals surface area contributed by atoms with Crippen LogP contribution in [0.25, 0.3) is 0 Å². The lowest BCUT2D eigenvalue weighted by Crippen LogP contribution is -2.57. The molecule has 0 bridgehead atoms. The summed E-state index contributed by atoms with van der Waals surface area (Å²) >= 11 is 12.5. The Morgan fingerprint density at radius 2 is 1.85 bits per heavy atom. The smallest absolute Gasteiger partial charge is 0.306 e. The molecule has 2 aliphatic rings. The number of carbonyl (C=O) groups excluding carboxylic acids is 2. The topological polar surface area (TPSA) is 66.8 Å². The molecule has 0 aromatic heterocycles. The Morgan fingerprint density at radius 3 is 2.42 bits per heavy atom. The van der Waals surface area contributed by atoms with Crippen molar-refractivity contribution in [3.8, 4) is 0 Å². The van der Waals surface area contributed by atoms with Gasteiger partial charge in [0.2, 0.25) is 5.91 Å². The van der Waals surface area contributed by atoms with Gasteiger partial charge in [0.15, 0.2) is 0 Å². The normalized spacial score (nSPS) is 26.2. The summed E-state index contributed by atoms with van der Waals surface area (Å²) in [5.74, 6) is -0.441. The van der Waals surface area contributed by atoms with Gasteiger partial charge in [-0.3, -0.25) is 9.59 Å². The lowest BCUT2D eigenvalue weighted by Gasteiger charge is -2.52. The lowest BCUT2D eigenvalue weighted by atomic mass is 9.67. The molecule has 2 aromatic rings. The first kappa shape index (κ1) is 24.1. The molecule has 7 heteroatoms. The molecule has 1 N–H and O–H groups in total. The highest BCUT2D eigenvalue weighted by Gasteiger charge is 2.54. The van der Waals surface area contributed by atoms with Crippen molar-refractivity contribution in [1.82, 2.24) is 4.90 Å². The van der Waals surface area contributed by atoms with Gasteiger partial charge in [0.1, 0.15) is 0 Å². The zero-order valence-corrected chi connectivity index (χ0v) is 20.4. The number of nitrogens with zero attached hydrogens (tertiary/aromatic N) is 1. The molecule has 1 aliphatic heterocycles. The maximum atomic E-state index is 14.1. The number of esters is 1. The fourth-order valence-electron chi connectivity index (χ4n) is 5.25. The third-order valence-corrected chi connectivity index (χ3v) is 7.55. The Hall–Kier alpha value is -2.08. The molecule has 0 spiro atoms. The van der Waals surface area contributed by atoms with Crippen molar-refractivity contribution in [3.05, 3.63) is 69.7 Å². The summed E-state index contributed by atoms with van der Waals surface area (Å²) in [7, 11) is 1.34. The van der Waals surface area contributed by atoms with Gasteiger partial charge >= 0.3 is 5.97 Å². The maximum absolute atomic E-state index is 14.1. The Kier molecular flexibility index (Phi) is 7.04. The largest absolute Gasteiger partial charge is 0.469 e. The van der Waals surface area contributed by atoms with E-state index in [-0.39, 0.29) is 42.9 Å². The van der Waals surface area contributed by atoms with Gasteiger partial charge in [-0.05, 0) is 60.6 Å². The Bertz CT molecular complexity index is 1020. The first-order valence-electron chi connectivity index (χ1n) is 11.3. The molecular formula is C26H29Cl2NO4. The first-order valence-corrected chi connectivity index (χ1v) is 12.0. The number of piperidine rings is 1. The van der Waals surface area contributed by atoms with E-state index >= 15 is 0 Å². The molecule has 176 valence electrons. The summed E-state index contributed by atoms with van der Waals surface area (Å²) in [6.07, 6.45) is 2.37. The van der Waals surface area contributed by atoms with Gasteiger partial charge < -0.3 is 14.7 Å². The van der Waals surface area contributed by atoms with Crippen LogP contribution in [0, 0.1) is 11.3 Å². The molecule has 1 aliphatic carbocycles. The summed E-state index contributed by atoms with van der Waals surface area (Å²) in [4.78, 5) is 28.3. The van der Waals surface area contributed by atoms with Gasteiger partial charge in [-0.25, -0.2) is 0 Å². The number of aliphatic hydroxyl groups is 1. The van der Waals surface area contributed by atoms with Crippen LogP contribution in [0.2, 0.25) is 10.0 Å². The molecule has 1 saturated heterocycles. The molecule has 4 rings (SSSR count). The van der Waals surface area contributed by atoms with Crippen LogP contribution in [0.3, 0.4) is 0 Å². The molecule has 0 radical (unpaired) electrons. The quantitative estimate of drug-likeness (QED) is 0.529. The van der Waals surface area contributed by atoms with E-state index in [1.165, 1.54) is 7.11 Å². The molecule has 33 heavy (non-hydrogen) atoms. The van der Waals surface area contributed by atoms with Crippen molar-refractivity contribution < 1.29 is 19.4 Å². The molecule has 1 heterocycles. The van der Waals surface area contributed by atoms with Gasteiger partial charge in [0.25, 0.3) is 0 Å². The average molecular weight is 490 g/mol. The monoisotopic (exact) mass is 489 g/mol. The van der Waals surface area contributed by atoms with Gasteiger partial charge in [-0.2, -0.15) is 0 Å². The van der Waals surface area contributed by atoms with Crippen LogP contribution in [0.4, 0.5) is 0 Å². The van der Waals surface area contributed by atoms with Gasteiger partial charge in [-0.1, -0.05) is 54.4 Å².